The molecule has 0 spiro atoms. The van der Waals surface area contributed by atoms with Gasteiger partial charge in [0.05, 0.1) is 18.8 Å². The predicted octanol–water partition coefficient (Wildman–Crippen LogP) is 4.25. The number of methoxy groups -OCH3 is 1. The molecule has 0 bridgehead atoms. The SMILES string of the molecule is COc1cccc(C2C(C(=O)OC(C)C)=C(C)NC3=C2C(=O)CC(C)(C)C3)c1. The molecule has 1 aliphatic heterocycles. The molecule has 1 N–H and O–H groups in total. The van der Waals surface area contributed by atoms with E-state index in [1.807, 2.05) is 45.0 Å². The third-order valence-corrected chi connectivity index (χ3v) is 5.23. The first kappa shape index (κ1) is 20.2. The lowest BCUT2D eigenvalue weighted by Crippen LogP contribution is -2.39. The van der Waals surface area contributed by atoms with Crippen molar-refractivity contribution < 1.29 is 19.1 Å². The summed E-state index contributed by atoms with van der Waals surface area (Å²) >= 11 is 0. The molecule has 5 nitrogen and oxygen atoms in total. The number of hydrogen-bond acceptors (Lipinski definition) is 5. The fourth-order valence-electron chi connectivity index (χ4n) is 4.14. The molecule has 0 saturated heterocycles. The minimum Gasteiger partial charge on any atom is -0.497 e. The van der Waals surface area contributed by atoms with Crippen molar-refractivity contribution in [3.63, 3.8) is 0 Å². The zero-order chi connectivity index (χ0) is 20.6. The lowest BCUT2D eigenvalue weighted by molar-refractivity contribution is -0.143. The Morgan fingerprint density at radius 3 is 2.61 bits per heavy atom. The third kappa shape index (κ3) is 3.84. The molecule has 0 fully saturated rings. The Morgan fingerprint density at radius 2 is 1.96 bits per heavy atom. The first-order valence-electron chi connectivity index (χ1n) is 9.72. The van der Waals surface area contributed by atoms with Crippen LogP contribution in [-0.2, 0) is 14.3 Å². The van der Waals surface area contributed by atoms with Gasteiger partial charge >= 0.3 is 5.97 Å². The largest absolute Gasteiger partial charge is 0.497 e. The van der Waals surface area contributed by atoms with Crippen molar-refractivity contribution in [2.24, 2.45) is 5.41 Å². The molecule has 28 heavy (non-hydrogen) atoms. The maximum atomic E-state index is 13.2. The molecule has 1 aromatic carbocycles. The van der Waals surface area contributed by atoms with E-state index in [0.717, 1.165) is 23.4 Å². The van der Waals surface area contributed by atoms with Gasteiger partial charge in [-0.05, 0) is 50.3 Å². The number of allylic oxidation sites excluding steroid dienone is 3. The van der Waals surface area contributed by atoms with Gasteiger partial charge in [0.25, 0.3) is 0 Å². The molecule has 1 aromatic rings. The number of carbonyl (C=O) groups excluding carboxylic acids is 2. The zero-order valence-corrected chi connectivity index (χ0v) is 17.5. The first-order chi connectivity index (χ1) is 13.1. The number of benzene rings is 1. The Balaban J connectivity index is 2.17. The van der Waals surface area contributed by atoms with Crippen LogP contribution in [-0.4, -0.2) is 25.0 Å². The molecule has 1 unspecified atom stereocenters. The molecule has 1 aliphatic carbocycles. The van der Waals surface area contributed by atoms with Gasteiger partial charge in [0.15, 0.2) is 5.78 Å². The quantitative estimate of drug-likeness (QED) is 0.788. The fourth-order valence-corrected chi connectivity index (χ4v) is 4.14. The molecule has 5 heteroatoms. The van der Waals surface area contributed by atoms with Gasteiger partial charge in [-0.1, -0.05) is 26.0 Å². The Morgan fingerprint density at radius 1 is 1.25 bits per heavy atom. The second-order valence-corrected chi connectivity index (χ2v) is 8.66. The van der Waals surface area contributed by atoms with E-state index in [1.165, 1.54) is 0 Å². The summed E-state index contributed by atoms with van der Waals surface area (Å²) in [5, 5.41) is 3.34. The van der Waals surface area contributed by atoms with Crippen LogP contribution in [0.15, 0.2) is 46.8 Å². The highest BCUT2D eigenvalue weighted by atomic mass is 16.5. The van der Waals surface area contributed by atoms with Crippen LogP contribution >= 0.6 is 0 Å². The van der Waals surface area contributed by atoms with E-state index in [2.05, 4.69) is 19.2 Å². The van der Waals surface area contributed by atoms with Gasteiger partial charge in [-0.3, -0.25) is 4.79 Å². The maximum Gasteiger partial charge on any atom is 0.337 e. The van der Waals surface area contributed by atoms with Gasteiger partial charge in [0.1, 0.15) is 5.75 Å². The summed E-state index contributed by atoms with van der Waals surface area (Å²) in [6.07, 6.45) is 0.980. The van der Waals surface area contributed by atoms with Crippen LogP contribution in [0, 0.1) is 5.41 Å². The van der Waals surface area contributed by atoms with Gasteiger partial charge < -0.3 is 14.8 Å². The minimum absolute atomic E-state index is 0.0777. The summed E-state index contributed by atoms with van der Waals surface area (Å²) in [5.74, 6) is -0.0804. The number of Topliss-reactive ketones (excluding diaryl/α,β-unsaturated/α-hetero) is 1. The summed E-state index contributed by atoms with van der Waals surface area (Å²) in [6.45, 7) is 9.71. The molecule has 3 rings (SSSR count). The van der Waals surface area contributed by atoms with Gasteiger partial charge in [0, 0.05) is 29.3 Å². The van der Waals surface area contributed by atoms with Crippen LogP contribution in [0.2, 0.25) is 0 Å². The second kappa shape index (κ2) is 7.46. The summed E-state index contributed by atoms with van der Waals surface area (Å²) < 4.78 is 10.9. The van der Waals surface area contributed by atoms with Crippen LogP contribution in [0.25, 0.3) is 0 Å². The summed E-state index contributed by atoms with van der Waals surface area (Å²) in [6, 6.07) is 7.57. The van der Waals surface area contributed by atoms with Crippen LogP contribution in [0.5, 0.6) is 5.75 Å². The smallest absolute Gasteiger partial charge is 0.337 e. The fraction of sp³-hybridized carbons (Fsp3) is 0.478. The van der Waals surface area contributed by atoms with Gasteiger partial charge in [-0.15, -0.1) is 0 Å². The van der Waals surface area contributed by atoms with E-state index in [-0.39, 0.29) is 17.3 Å². The Kier molecular flexibility index (Phi) is 5.37. The van der Waals surface area contributed by atoms with E-state index < -0.39 is 11.9 Å². The third-order valence-electron chi connectivity index (χ3n) is 5.23. The maximum absolute atomic E-state index is 13.2. The van der Waals surface area contributed by atoms with Crippen LogP contribution in [0.3, 0.4) is 0 Å². The number of dihydropyridines is 1. The average Bonchev–Trinajstić information content (AvgIpc) is 2.58. The highest BCUT2D eigenvalue weighted by Crippen LogP contribution is 2.47. The Labute approximate surface area is 166 Å². The van der Waals surface area contributed by atoms with Crippen LogP contribution in [0.1, 0.15) is 58.9 Å². The molecule has 0 amide bonds. The predicted molar refractivity (Wildman–Crippen MR) is 108 cm³/mol. The average molecular weight is 383 g/mol. The Hall–Kier alpha value is -2.56. The molecule has 1 atom stereocenters. The van der Waals surface area contributed by atoms with Crippen molar-refractivity contribution in [3.05, 3.63) is 52.4 Å². The summed E-state index contributed by atoms with van der Waals surface area (Å²) in [5.41, 5.74) is 3.56. The number of ketones is 1. The van der Waals surface area contributed by atoms with E-state index in [0.29, 0.717) is 23.3 Å². The van der Waals surface area contributed by atoms with E-state index in [1.54, 1.807) is 7.11 Å². The van der Waals surface area contributed by atoms with Crippen LogP contribution in [0.4, 0.5) is 0 Å². The van der Waals surface area contributed by atoms with Crippen molar-refractivity contribution in [2.45, 2.75) is 59.5 Å². The first-order valence-corrected chi connectivity index (χ1v) is 9.72. The summed E-state index contributed by atoms with van der Waals surface area (Å²) in [7, 11) is 1.61. The van der Waals surface area contributed by atoms with Crippen molar-refractivity contribution >= 4 is 11.8 Å². The van der Waals surface area contributed by atoms with Crippen molar-refractivity contribution in [1.82, 2.24) is 5.32 Å². The highest BCUT2D eigenvalue weighted by molar-refractivity contribution is 6.04. The normalized spacial score (nSPS) is 21.4. The van der Waals surface area contributed by atoms with Crippen LogP contribution < -0.4 is 10.1 Å². The highest BCUT2D eigenvalue weighted by Gasteiger charge is 2.43. The number of ether oxygens (including phenoxy) is 2. The molecule has 1 heterocycles. The van der Waals surface area contributed by atoms with E-state index in [4.69, 9.17) is 9.47 Å². The topological polar surface area (TPSA) is 64.6 Å². The van der Waals surface area contributed by atoms with Gasteiger partial charge in [0.2, 0.25) is 0 Å². The van der Waals surface area contributed by atoms with Crippen molar-refractivity contribution in [3.8, 4) is 5.75 Å². The molecular weight excluding hydrogens is 354 g/mol. The van der Waals surface area contributed by atoms with Crippen molar-refractivity contribution in [2.75, 3.05) is 7.11 Å². The standard InChI is InChI=1S/C23H29NO4/c1-13(2)28-22(26)19-14(3)24-17-11-23(4,5)12-18(25)21(17)20(19)15-8-7-9-16(10-15)27-6/h7-10,13,20,24H,11-12H2,1-6H3. The number of nitrogens with one attached hydrogen (secondary N) is 1. The molecule has 0 saturated carbocycles. The number of esters is 1. The molecule has 0 aromatic heterocycles. The molecule has 2 aliphatic rings. The number of carbonyl (C=O) groups is 2. The number of rotatable bonds is 4. The van der Waals surface area contributed by atoms with Crippen molar-refractivity contribution in [1.29, 1.82) is 0 Å². The Bertz CT molecular complexity index is 876. The molecule has 150 valence electrons. The van der Waals surface area contributed by atoms with E-state index >= 15 is 0 Å². The lowest BCUT2D eigenvalue weighted by Gasteiger charge is -2.39. The monoisotopic (exact) mass is 383 g/mol. The van der Waals surface area contributed by atoms with E-state index in [9.17, 15) is 9.59 Å². The number of hydrogen-bond donors (Lipinski definition) is 1. The van der Waals surface area contributed by atoms with Gasteiger partial charge in [-0.25, -0.2) is 4.79 Å². The second-order valence-electron chi connectivity index (χ2n) is 8.66. The van der Waals surface area contributed by atoms with Gasteiger partial charge in [-0.2, -0.15) is 0 Å². The molecular formula is C23H29NO4. The zero-order valence-electron chi connectivity index (χ0n) is 17.5. The lowest BCUT2D eigenvalue weighted by atomic mass is 9.68. The summed E-state index contributed by atoms with van der Waals surface area (Å²) in [4.78, 5) is 26.2. The minimum atomic E-state index is -0.457. The molecule has 0 radical (unpaired) electrons.